The summed E-state index contributed by atoms with van der Waals surface area (Å²) in [4.78, 5) is 33.4. The second kappa shape index (κ2) is 20.1. The molecule has 43 heavy (non-hydrogen) atoms. The summed E-state index contributed by atoms with van der Waals surface area (Å²) in [6.45, 7) is 15.4. The van der Waals surface area contributed by atoms with Crippen LogP contribution >= 0.6 is 0 Å². The standard InChI is InChI=1S/C33H42F2N4O2.C2H6/c1-7-12-30(41)36-19-11-10-13-29(40)28-17-15-26(20-25(28)9-3)39-33(37-18-8-2)24(6)38-21-23(5)27-16-14-22(4)31(34)32(27)35;1-2/h8,14-18,20-21H,7,9-13,19H2,1-6H3,(H,36,41)(H,37,39);1-2H3/b18-8-,23-21+,38-24?;. The van der Waals surface area contributed by atoms with Crippen LogP contribution in [-0.2, 0) is 11.2 Å². The van der Waals surface area contributed by atoms with Gasteiger partial charge in [-0.15, -0.1) is 0 Å². The molecule has 0 fully saturated rings. The smallest absolute Gasteiger partial charge is 0.219 e. The van der Waals surface area contributed by atoms with E-state index in [4.69, 9.17) is 0 Å². The largest absolute Gasteiger partial charge is 0.356 e. The normalized spacial score (nSPS) is 12.2. The van der Waals surface area contributed by atoms with Crippen LogP contribution in [0, 0.1) is 18.6 Å². The lowest BCUT2D eigenvalue weighted by Gasteiger charge is -2.13. The number of ketones is 1. The number of amidine groups is 1. The van der Waals surface area contributed by atoms with Gasteiger partial charge in [0.15, 0.2) is 23.3 Å². The Morgan fingerprint density at radius 2 is 1.63 bits per heavy atom. The molecule has 0 saturated heterocycles. The van der Waals surface area contributed by atoms with Gasteiger partial charge in [-0.05, 0) is 88.3 Å². The topological polar surface area (TPSA) is 82.9 Å². The molecule has 2 N–H and O–H groups in total. The zero-order chi connectivity index (χ0) is 32.4. The number of aliphatic imine (C=N–C) groups is 2. The zero-order valence-electron chi connectivity index (χ0n) is 27.0. The number of carbonyl (C=O) groups excluding carboxylic acids is 2. The molecule has 8 heteroatoms. The molecule has 0 aromatic heterocycles. The first-order valence-electron chi connectivity index (χ1n) is 15.2. The molecule has 0 bridgehead atoms. The van der Waals surface area contributed by atoms with Gasteiger partial charge in [-0.2, -0.15) is 0 Å². The number of benzene rings is 2. The first-order chi connectivity index (χ1) is 20.6. The van der Waals surface area contributed by atoms with Crippen molar-refractivity contribution in [1.82, 2.24) is 5.32 Å². The van der Waals surface area contributed by atoms with Crippen molar-refractivity contribution in [3.63, 3.8) is 0 Å². The number of hydrogen-bond donors (Lipinski definition) is 2. The van der Waals surface area contributed by atoms with Gasteiger partial charge in [-0.1, -0.05) is 45.9 Å². The Labute approximate surface area is 256 Å². The molecular weight excluding hydrogens is 546 g/mol. The Balaban J connectivity index is 0.00000452. The Hall–Kier alpha value is -3.94. The average Bonchev–Trinajstić information content (AvgIpc) is 3.01. The van der Waals surface area contributed by atoms with E-state index in [1.807, 2.05) is 52.8 Å². The lowest BCUT2D eigenvalue weighted by molar-refractivity contribution is -0.121. The number of anilines is 1. The highest BCUT2D eigenvalue weighted by molar-refractivity contribution is 6.45. The summed E-state index contributed by atoms with van der Waals surface area (Å²) in [5.74, 6) is -1.15. The molecule has 0 radical (unpaired) electrons. The summed E-state index contributed by atoms with van der Waals surface area (Å²) in [5.41, 5.74) is 3.78. The molecule has 0 spiro atoms. The lowest BCUT2D eigenvalue weighted by Crippen LogP contribution is -2.23. The summed E-state index contributed by atoms with van der Waals surface area (Å²) in [7, 11) is 0. The van der Waals surface area contributed by atoms with E-state index >= 15 is 0 Å². The fraction of sp³-hybridized carbons (Fsp3) is 0.429. The fourth-order valence-electron chi connectivity index (χ4n) is 4.10. The third kappa shape index (κ3) is 12.1. The summed E-state index contributed by atoms with van der Waals surface area (Å²) in [6, 6.07) is 8.67. The van der Waals surface area contributed by atoms with Crippen molar-refractivity contribution in [2.75, 3.05) is 11.9 Å². The number of nitrogens with zero attached hydrogens (tertiary/aromatic N) is 2. The van der Waals surface area contributed by atoms with E-state index in [2.05, 4.69) is 20.6 Å². The minimum Gasteiger partial charge on any atom is -0.356 e. The van der Waals surface area contributed by atoms with Crippen LogP contribution in [-0.4, -0.2) is 29.8 Å². The zero-order valence-corrected chi connectivity index (χ0v) is 27.0. The second-order valence-corrected chi connectivity index (χ2v) is 9.88. The highest BCUT2D eigenvalue weighted by atomic mass is 19.2. The van der Waals surface area contributed by atoms with E-state index in [1.165, 1.54) is 25.3 Å². The van der Waals surface area contributed by atoms with Crippen molar-refractivity contribution in [2.24, 2.45) is 9.98 Å². The molecule has 2 aromatic carbocycles. The highest BCUT2D eigenvalue weighted by Crippen LogP contribution is 2.23. The van der Waals surface area contributed by atoms with E-state index in [0.29, 0.717) is 54.9 Å². The third-order valence-corrected chi connectivity index (χ3v) is 6.53. The van der Waals surface area contributed by atoms with E-state index in [9.17, 15) is 18.4 Å². The van der Waals surface area contributed by atoms with E-state index in [-0.39, 0.29) is 22.8 Å². The van der Waals surface area contributed by atoms with Crippen molar-refractivity contribution in [1.29, 1.82) is 0 Å². The van der Waals surface area contributed by atoms with Crippen LogP contribution in [0.25, 0.3) is 5.57 Å². The molecule has 2 rings (SSSR count). The third-order valence-electron chi connectivity index (χ3n) is 6.53. The maximum Gasteiger partial charge on any atom is 0.219 e. The number of aryl methyl sites for hydroxylation is 2. The summed E-state index contributed by atoms with van der Waals surface area (Å²) in [5, 5.41) is 6.16. The van der Waals surface area contributed by atoms with Crippen LogP contribution < -0.4 is 10.6 Å². The van der Waals surface area contributed by atoms with E-state index in [0.717, 1.165) is 24.1 Å². The number of allylic oxidation sites excluding steroid dienone is 2. The van der Waals surface area contributed by atoms with Gasteiger partial charge in [-0.25, -0.2) is 13.8 Å². The predicted molar refractivity (Wildman–Crippen MR) is 177 cm³/mol. The Morgan fingerprint density at radius 3 is 2.28 bits per heavy atom. The second-order valence-electron chi connectivity index (χ2n) is 9.88. The maximum atomic E-state index is 14.4. The molecule has 0 saturated carbocycles. The number of rotatable bonds is 14. The van der Waals surface area contributed by atoms with Crippen LogP contribution in [0.2, 0.25) is 0 Å². The van der Waals surface area contributed by atoms with Crippen molar-refractivity contribution in [3.05, 3.63) is 82.7 Å². The Bertz CT molecular complexity index is 1340. The van der Waals surface area contributed by atoms with Gasteiger partial charge in [0.05, 0.1) is 5.71 Å². The molecule has 0 heterocycles. The number of Topliss-reactive ketones (excluding diaryl/α,β-unsaturated/α-hetero) is 1. The molecule has 1 amide bonds. The molecule has 0 aliphatic rings. The fourth-order valence-corrected chi connectivity index (χ4v) is 4.10. The highest BCUT2D eigenvalue weighted by Gasteiger charge is 2.14. The number of amides is 1. The Kier molecular flexibility index (Phi) is 17.3. The minimum absolute atomic E-state index is 0.0505. The van der Waals surface area contributed by atoms with E-state index in [1.54, 1.807) is 26.1 Å². The van der Waals surface area contributed by atoms with Gasteiger partial charge < -0.3 is 10.6 Å². The quantitative estimate of drug-likeness (QED) is 0.0991. The molecule has 0 aliphatic carbocycles. The van der Waals surface area contributed by atoms with Crippen molar-refractivity contribution in [2.45, 2.75) is 93.9 Å². The van der Waals surface area contributed by atoms with Crippen LogP contribution in [0.15, 0.2) is 58.8 Å². The van der Waals surface area contributed by atoms with Crippen LogP contribution in [0.1, 0.15) is 108 Å². The first kappa shape index (κ1) is 37.1. The number of hydrogen-bond acceptors (Lipinski definition) is 4. The van der Waals surface area contributed by atoms with Gasteiger partial charge in [-0.3, -0.25) is 14.6 Å². The number of nitrogens with one attached hydrogen (secondary N) is 2. The maximum absolute atomic E-state index is 14.4. The Morgan fingerprint density at radius 1 is 0.930 bits per heavy atom. The summed E-state index contributed by atoms with van der Waals surface area (Å²) in [6.07, 6.45) is 8.81. The van der Waals surface area contributed by atoms with Gasteiger partial charge >= 0.3 is 0 Å². The predicted octanol–water partition coefficient (Wildman–Crippen LogP) is 9.00. The molecule has 0 unspecified atom stereocenters. The summed E-state index contributed by atoms with van der Waals surface area (Å²) >= 11 is 0. The monoisotopic (exact) mass is 594 g/mol. The number of unbranched alkanes of at least 4 members (excludes halogenated alkanes) is 1. The van der Waals surface area contributed by atoms with Crippen molar-refractivity contribution >= 4 is 34.5 Å². The van der Waals surface area contributed by atoms with Crippen LogP contribution in [0.5, 0.6) is 0 Å². The summed E-state index contributed by atoms with van der Waals surface area (Å²) < 4.78 is 28.5. The molecule has 234 valence electrons. The van der Waals surface area contributed by atoms with Crippen LogP contribution in [0.4, 0.5) is 14.5 Å². The first-order valence-corrected chi connectivity index (χ1v) is 15.2. The van der Waals surface area contributed by atoms with E-state index < -0.39 is 11.6 Å². The van der Waals surface area contributed by atoms with Crippen molar-refractivity contribution < 1.29 is 18.4 Å². The van der Waals surface area contributed by atoms with Gasteiger partial charge in [0.2, 0.25) is 5.91 Å². The molecule has 2 aromatic rings. The van der Waals surface area contributed by atoms with Gasteiger partial charge in [0.1, 0.15) is 0 Å². The van der Waals surface area contributed by atoms with Crippen LogP contribution in [0.3, 0.4) is 0 Å². The SMILES string of the molecule is C/C=C\N=C(Nc1ccc(C(=O)CCCCNC(=O)CCC)c(CC)c1)C(C)=N/C=C(\C)c1ccc(C)c(F)c1F.CC. The van der Waals surface area contributed by atoms with Gasteiger partial charge in [0.25, 0.3) is 0 Å². The van der Waals surface area contributed by atoms with Crippen molar-refractivity contribution in [3.8, 4) is 0 Å². The number of halogens is 2. The number of carbonyl (C=O) groups is 2. The molecule has 0 atom stereocenters. The van der Waals surface area contributed by atoms with Gasteiger partial charge in [0, 0.05) is 48.6 Å². The minimum atomic E-state index is -0.895. The average molecular weight is 595 g/mol. The lowest BCUT2D eigenvalue weighted by atomic mass is 9.97. The molecule has 6 nitrogen and oxygen atoms in total. The molecule has 0 aliphatic heterocycles. The molecular formula is C35H48F2N4O2.